The Balaban J connectivity index is 2.00. The smallest absolute Gasteiger partial charge is 0.145 e. The number of methoxy groups -OCH3 is 1. The van der Waals surface area contributed by atoms with E-state index in [1.54, 1.807) is 13.2 Å². The van der Waals surface area contributed by atoms with Gasteiger partial charge in [-0.3, -0.25) is 0 Å². The van der Waals surface area contributed by atoms with Gasteiger partial charge in [0.1, 0.15) is 17.1 Å². The molecular formula is C26H21FN2O. The molecule has 0 fully saturated rings. The van der Waals surface area contributed by atoms with Crippen LogP contribution in [0.4, 0.5) is 4.39 Å². The predicted octanol–water partition coefficient (Wildman–Crippen LogP) is 6.61. The van der Waals surface area contributed by atoms with Crippen molar-refractivity contribution in [2.75, 3.05) is 7.11 Å². The third-order valence-corrected chi connectivity index (χ3v) is 5.61. The standard InChI is InChI=1S/C26H21FN2O/c1-16-14-19(27)12-13-22(16)29-23(18-8-5-4-6-9-18)15-21-17(2)28-25-20(26(21)29)10-7-11-24(25)30-3/h4-15H,1-3H3. The minimum absolute atomic E-state index is 0.238. The summed E-state index contributed by atoms with van der Waals surface area (Å²) in [5.74, 6) is 0.501. The molecule has 0 saturated carbocycles. The summed E-state index contributed by atoms with van der Waals surface area (Å²) < 4.78 is 21.7. The molecule has 148 valence electrons. The average molecular weight is 396 g/mol. The highest BCUT2D eigenvalue weighted by molar-refractivity contribution is 6.09. The van der Waals surface area contributed by atoms with Gasteiger partial charge in [-0.2, -0.15) is 0 Å². The van der Waals surface area contributed by atoms with Crippen molar-refractivity contribution < 1.29 is 9.13 Å². The molecule has 3 nitrogen and oxygen atoms in total. The number of nitrogens with zero attached hydrogens (tertiary/aromatic N) is 2. The summed E-state index contributed by atoms with van der Waals surface area (Å²) in [5, 5.41) is 2.07. The first-order valence-electron chi connectivity index (χ1n) is 9.89. The molecule has 0 N–H and O–H groups in total. The van der Waals surface area contributed by atoms with Gasteiger partial charge in [0.05, 0.1) is 18.3 Å². The molecule has 0 aliphatic carbocycles. The van der Waals surface area contributed by atoms with Crippen molar-refractivity contribution in [3.63, 3.8) is 0 Å². The number of halogens is 1. The maximum atomic E-state index is 13.9. The SMILES string of the molecule is COc1cccc2c1nc(C)c1cc(-c3ccccc3)n(-c3ccc(F)cc3C)c12. The molecule has 5 rings (SSSR count). The molecule has 0 aliphatic rings. The van der Waals surface area contributed by atoms with Crippen molar-refractivity contribution in [1.29, 1.82) is 0 Å². The lowest BCUT2D eigenvalue weighted by atomic mass is 10.1. The van der Waals surface area contributed by atoms with Gasteiger partial charge in [-0.15, -0.1) is 0 Å². The summed E-state index contributed by atoms with van der Waals surface area (Å²) in [5.41, 5.74) is 6.75. The van der Waals surface area contributed by atoms with E-state index >= 15 is 0 Å². The number of hydrogen-bond acceptors (Lipinski definition) is 2. The monoisotopic (exact) mass is 396 g/mol. The lowest BCUT2D eigenvalue weighted by molar-refractivity contribution is 0.419. The second-order valence-electron chi connectivity index (χ2n) is 7.48. The minimum atomic E-state index is -0.238. The first-order chi connectivity index (χ1) is 14.6. The van der Waals surface area contributed by atoms with Gasteiger partial charge in [0, 0.05) is 22.2 Å². The van der Waals surface area contributed by atoms with Crippen LogP contribution in [0.5, 0.6) is 5.75 Å². The molecule has 0 atom stereocenters. The van der Waals surface area contributed by atoms with Crippen LogP contribution in [0.2, 0.25) is 0 Å². The number of rotatable bonds is 3. The lowest BCUT2D eigenvalue weighted by Gasteiger charge is -2.16. The van der Waals surface area contributed by atoms with Crippen molar-refractivity contribution in [3.8, 4) is 22.7 Å². The van der Waals surface area contributed by atoms with Crippen LogP contribution in [0.15, 0.2) is 72.8 Å². The van der Waals surface area contributed by atoms with Gasteiger partial charge in [0.15, 0.2) is 0 Å². The first-order valence-corrected chi connectivity index (χ1v) is 9.89. The van der Waals surface area contributed by atoms with Crippen LogP contribution in [-0.4, -0.2) is 16.7 Å². The molecule has 0 unspecified atom stereocenters. The zero-order valence-electron chi connectivity index (χ0n) is 17.1. The second kappa shape index (κ2) is 6.99. The van der Waals surface area contributed by atoms with E-state index in [0.29, 0.717) is 0 Å². The Labute approximate surface area is 174 Å². The minimum Gasteiger partial charge on any atom is -0.494 e. The molecule has 4 heteroatoms. The van der Waals surface area contributed by atoms with E-state index in [4.69, 9.17) is 9.72 Å². The number of aromatic nitrogens is 2. The fourth-order valence-corrected chi connectivity index (χ4v) is 4.21. The molecule has 0 radical (unpaired) electrons. The van der Waals surface area contributed by atoms with Gasteiger partial charge in [0.25, 0.3) is 0 Å². The molecule has 3 aromatic carbocycles. The van der Waals surface area contributed by atoms with Crippen LogP contribution in [0.1, 0.15) is 11.3 Å². The van der Waals surface area contributed by atoms with Crippen LogP contribution >= 0.6 is 0 Å². The number of benzene rings is 3. The molecule has 2 heterocycles. The molecule has 2 aromatic heterocycles. The van der Waals surface area contributed by atoms with Gasteiger partial charge in [-0.1, -0.05) is 42.5 Å². The zero-order valence-corrected chi connectivity index (χ0v) is 17.1. The summed E-state index contributed by atoms with van der Waals surface area (Å²) in [7, 11) is 1.66. The summed E-state index contributed by atoms with van der Waals surface area (Å²) in [4.78, 5) is 4.85. The van der Waals surface area contributed by atoms with Gasteiger partial charge < -0.3 is 9.30 Å². The number of pyridine rings is 1. The average Bonchev–Trinajstić information content (AvgIpc) is 3.15. The van der Waals surface area contributed by atoms with Gasteiger partial charge in [-0.25, -0.2) is 9.37 Å². The van der Waals surface area contributed by atoms with Gasteiger partial charge >= 0.3 is 0 Å². The second-order valence-corrected chi connectivity index (χ2v) is 7.48. The quantitative estimate of drug-likeness (QED) is 0.343. The maximum absolute atomic E-state index is 13.9. The molecular weight excluding hydrogens is 375 g/mol. The summed E-state index contributed by atoms with van der Waals surface area (Å²) in [6, 6.07) is 23.3. The number of aryl methyl sites for hydroxylation is 2. The Morgan fingerprint density at radius 3 is 2.40 bits per heavy atom. The van der Waals surface area contributed by atoms with E-state index in [9.17, 15) is 4.39 Å². The van der Waals surface area contributed by atoms with E-state index in [1.807, 2.05) is 50.2 Å². The molecule has 0 saturated heterocycles. The fourth-order valence-electron chi connectivity index (χ4n) is 4.21. The number of hydrogen-bond donors (Lipinski definition) is 0. The number of para-hydroxylation sites is 1. The van der Waals surface area contributed by atoms with Crippen molar-refractivity contribution in [2.45, 2.75) is 13.8 Å². The maximum Gasteiger partial charge on any atom is 0.145 e. The Morgan fingerprint density at radius 1 is 0.867 bits per heavy atom. The molecule has 0 amide bonds. The Hall–Kier alpha value is -3.66. The first kappa shape index (κ1) is 18.4. The Kier molecular flexibility index (Phi) is 4.28. The third-order valence-electron chi connectivity index (χ3n) is 5.61. The Bertz CT molecular complexity index is 1400. The summed E-state index contributed by atoms with van der Waals surface area (Å²) in [6.07, 6.45) is 0. The van der Waals surface area contributed by atoms with Crippen LogP contribution in [-0.2, 0) is 0 Å². The van der Waals surface area contributed by atoms with Gasteiger partial charge in [-0.05, 0) is 55.3 Å². The molecule has 0 bridgehead atoms. The summed E-state index contributed by atoms with van der Waals surface area (Å²) >= 11 is 0. The van der Waals surface area contributed by atoms with Crippen LogP contribution in [0.3, 0.4) is 0 Å². The van der Waals surface area contributed by atoms with Crippen molar-refractivity contribution >= 4 is 21.8 Å². The van der Waals surface area contributed by atoms with E-state index in [1.165, 1.54) is 6.07 Å². The molecule has 0 spiro atoms. The molecule has 5 aromatic rings. The largest absolute Gasteiger partial charge is 0.494 e. The van der Waals surface area contributed by atoms with E-state index in [0.717, 1.165) is 55.8 Å². The highest BCUT2D eigenvalue weighted by Gasteiger charge is 2.20. The van der Waals surface area contributed by atoms with Crippen molar-refractivity contribution in [3.05, 3.63) is 89.9 Å². The van der Waals surface area contributed by atoms with Crippen molar-refractivity contribution in [2.24, 2.45) is 0 Å². The lowest BCUT2D eigenvalue weighted by Crippen LogP contribution is -2.01. The summed E-state index contributed by atoms with van der Waals surface area (Å²) in [6.45, 7) is 3.96. The Morgan fingerprint density at radius 2 is 1.67 bits per heavy atom. The number of fused-ring (bicyclic) bond motifs is 3. The topological polar surface area (TPSA) is 27.1 Å². The van der Waals surface area contributed by atoms with E-state index in [-0.39, 0.29) is 5.82 Å². The fraction of sp³-hybridized carbons (Fsp3) is 0.115. The van der Waals surface area contributed by atoms with Crippen molar-refractivity contribution in [1.82, 2.24) is 9.55 Å². The van der Waals surface area contributed by atoms with Gasteiger partial charge in [0.2, 0.25) is 0 Å². The zero-order chi connectivity index (χ0) is 20.8. The van der Waals surface area contributed by atoms with E-state index in [2.05, 4.69) is 28.8 Å². The highest BCUT2D eigenvalue weighted by atomic mass is 19.1. The van der Waals surface area contributed by atoms with E-state index < -0.39 is 0 Å². The highest BCUT2D eigenvalue weighted by Crippen LogP contribution is 2.39. The predicted molar refractivity (Wildman–Crippen MR) is 120 cm³/mol. The number of ether oxygens (including phenoxy) is 1. The molecule has 0 aliphatic heterocycles. The molecule has 30 heavy (non-hydrogen) atoms. The van der Waals surface area contributed by atoms with Crippen LogP contribution in [0.25, 0.3) is 38.8 Å². The van der Waals surface area contributed by atoms with Crippen LogP contribution < -0.4 is 4.74 Å². The normalized spacial score (nSPS) is 11.3. The van der Waals surface area contributed by atoms with Crippen LogP contribution in [0, 0.1) is 19.7 Å². The third kappa shape index (κ3) is 2.76.